The van der Waals surface area contributed by atoms with Crippen LogP contribution in [-0.4, -0.2) is 44.4 Å². The van der Waals surface area contributed by atoms with Crippen LogP contribution in [0.4, 0.5) is 11.4 Å². The summed E-state index contributed by atoms with van der Waals surface area (Å²) in [6.07, 6.45) is 0.797. The first-order valence-electron chi connectivity index (χ1n) is 8.79. The summed E-state index contributed by atoms with van der Waals surface area (Å²) in [4.78, 5) is 30.0. The van der Waals surface area contributed by atoms with Gasteiger partial charge in [0.05, 0.1) is 0 Å². The van der Waals surface area contributed by atoms with Crippen LogP contribution in [0.15, 0.2) is 42.5 Å². The standard InChI is InChI=1S/C21H25N3O2/c1-15(25)24-12-11-17-13-18(7-10-20(17)24)21(26)23(4)14-16-5-8-19(9-6-16)22(2)3/h5-10,13H,11-12,14H2,1-4H3. The minimum Gasteiger partial charge on any atom is -0.378 e. The minimum absolute atomic E-state index is 0.00855. The van der Waals surface area contributed by atoms with Crippen molar-refractivity contribution in [1.82, 2.24) is 4.90 Å². The Hall–Kier alpha value is -2.82. The summed E-state index contributed by atoms with van der Waals surface area (Å²) in [5, 5.41) is 0. The van der Waals surface area contributed by atoms with Crippen LogP contribution >= 0.6 is 0 Å². The van der Waals surface area contributed by atoms with E-state index in [0.717, 1.165) is 28.9 Å². The van der Waals surface area contributed by atoms with Gasteiger partial charge in [0.15, 0.2) is 0 Å². The third kappa shape index (κ3) is 3.57. The number of amides is 2. The van der Waals surface area contributed by atoms with Crippen LogP contribution < -0.4 is 9.80 Å². The van der Waals surface area contributed by atoms with Crippen molar-refractivity contribution < 1.29 is 9.59 Å². The van der Waals surface area contributed by atoms with Gasteiger partial charge in [-0.3, -0.25) is 9.59 Å². The van der Waals surface area contributed by atoms with Crippen molar-refractivity contribution in [2.45, 2.75) is 19.9 Å². The molecule has 0 saturated heterocycles. The van der Waals surface area contributed by atoms with Gasteiger partial charge >= 0.3 is 0 Å². The molecule has 0 fully saturated rings. The number of anilines is 2. The largest absolute Gasteiger partial charge is 0.378 e. The smallest absolute Gasteiger partial charge is 0.253 e. The summed E-state index contributed by atoms with van der Waals surface area (Å²) >= 11 is 0. The number of hydrogen-bond acceptors (Lipinski definition) is 3. The van der Waals surface area contributed by atoms with Gasteiger partial charge in [0.25, 0.3) is 5.91 Å². The minimum atomic E-state index is -0.00855. The lowest BCUT2D eigenvalue weighted by Gasteiger charge is -2.19. The lowest BCUT2D eigenvalue weighted by molar-refractivity contribution is -0.116. The summed E-state index contributed by atoms with van der Waals surface area (Å²) in [5.41, 5.74) is 4.89. The molecule has 0 aliphatic carbocycles. The van der Waals surface area contributed by atoms with E-state index in [1.807, 2.05) is 56.4 Å². The number of fused-ring (bicyclic) bond motifs is 1. The van der Waals surface area contributed by atoms with Crippen molar-refractivity contribution in [3.8, 4) is 0 Å². The van der Waals surface area contributed by atoms with Crippen molar-refractivity contribution >= 4 is 23.2 Å². The molecule has 0 radical (unpaired) electrons. The molecule has 0 bridgehead atoms. The number of rotatable bonds is 4. The zero-order valence-corrected chi connectivity index (χ0v) is 15.8. The first-order valence-corrected chi connectivity index (χ1v) is 8.79. The van der Waals surface area contributed by atoms with Gasteiger partial charge in [-0.05, 0) is 47.9 Å². The van der Waals surface area contributed by atoms with Crippen LogP contribution in [-0.2, 0) is 17.8 Å². The average Bonchev–Trinajstić information content (AvgIpc) is 3.04. The Labute approximate surface area is 154 Å². The maximum Gasteiger partial charge on any atom is 0.253 e. The first kappa shape index (κ1) is 18.0. The van der Waals surface area contributed by atoms with E-state index in [0.29, 0.717) is 18.7 Å². The maximum absolute atomic E-state index is 12.8. The first-order chi connectivity index (χ1) is 12.4. The quantitative estimate of drug-likeness (QED) is 0.851. The molecule has 0 saturated carbocycles. The zero-order chi connectivity index (χ0) is 18.8. The van der Waals surface area contributed by atoms with E-state index in [9.17, 15) is 9.59 Å². The van der Waals surface area contributed by atoms with Gasteiger partial charge in [0.2, 0.25) is 5.91 Å². The fraction of sp³-hybridized carbons (Fsp3) is 0.333. The number of carbonyl (C=O) groups is 2. The molecule has 0 N–H and O–H groups in total. The van der Waals surface area contributed by atoms with Gasteiger partial charge in [-0.15, -0.1) is 0 Å². The molecule has 1 aliphatic rings. The molecule has 5 nitrogen and oxygen atoms in total. The van der Waals surface area contributed by atoms with Crippen molar-refractivity contribution in [2.75, 3.05) is 37.5 Å². The predicted molar refractivity (Wildman–Crippen MR) is 105 cm³/mol. The van der Waals surface area contributed by atoms with E-state index < -0.39 is 0 Å². The predicted octanol–water partition coefficient (Wildman–Crippen LogP) is 2.93. The van der Waals surface area contributed by atoms with Crippen molar-refractivity contribution in [2.24, 2.45) is 0 Å². The van der Waals surface area contributed by atoms with Crippen LogP contribution in [0.1, 0.15) is 28.4 Å². The Bertz CT molecular complexity index is 828. The molecule has 1 aliphatic heterocycles. The Kier molecular flexibility index (Phi) is 4.98. The van der Waals surface area contributed by atoms with Crippen molar-refractivity contribution in [3.63, 3.8) is 0 Å². The molecule has 0 atom stereocenters. The van der Waals surface area contributed by atoms with Gasteiger partial charge in [-0.1, -0.05) is 12.1 Å². The van der Waals surface area contributed by atoms with E-state index in [1.54, 1.807) is 16.7 Å². The zero-order valence-electron chi connectivity index (χ0n) is 15.8. The summed E-state index contributed by atoms with van der Waals surface area (Å²) < 4.78 is 0. The van der Waals surface area contributed by atoms with Crippen LogP contribution in [0.25, 0.3) is 0 Å². The number of hydrogen-bond donors (Lipinski definition) is 0. The van der Waals surface area contributed by atoms with E-state index in [1.165, 1.54) is 0 Å². The van der Waals surface area contributed by atoms with Gasteiger partial charge in [0.1, 0.15) is 0 Å². The Morgan fingerprint density at radius 1 is 1.04 bits per heavy atom. The summed E-state index contributed by atoms with van der Waals surface area (Å²) in [5.74, 6) is 0.0341. The molecule has 1 heterocycles. The molecular formula is C21H25N3O2. The summed E-state index contributed by atoms with van der Waals surface area (Å²) in [6.45, 7) is 2.82. The highest BCUT2D eigenvalue weighted by molar-refractivity contribution is 5.97. The van der Waals surface area contributed by atoms with Crippen LogP contribution in [0, 0.1) is 0 Å². The van der Waals surface area contributed by atoms with Gasteiger partial charge in [-0.2, -0.15) is 0 Å². The fourth-order valence-electron chi connectivity index (χ4n) is 3.33. The number of nitrogens with zero attached hydrogens (tertiary/aromatic N) is 3. The molecule has 136 valence electrons. The average molecular weight is 351 g/mol. The second-order valence-electron chi connectivity index (χ2n) is 6.99. The molecule has 26 heavy (non-hydrogen) atoms. The van der Waals surface area contributed by atoms with Gasteiger partial charge in [-0.25, -0.2) is 0 Å². The van der Waals surface area contributed by atoms with E-state index in [4.69, 9.17) is 0 Å². The lowest BCUT2D eigenvalue weighted by atomic mass is 10.1. The highest BCUT2D eigenvalue weighted by Gasteiger charge is 2.23. The monoisotopic (exact) mass is 351 g/mol. The number of benzene rings is 2. The van der Waals surface area contributed by atoms with Crippen LogP contribution in [0.5, 0.6) is 0 Å². The molecule has 0 spiro atoms. The van der Waals surface area contributed by atoms with Crippen LogP contribution in [0.3, 0.4) is 0 Å². The molecule has 2 aromatic rings. The lowest BCUT2D eigenvalue weighted by Crippen LogP contribution is -2.27. The van der Waals surface area contributed by atoms with Crippen LogP contribution in [0.2, 0.25) is 0 Å². The van der Waals surface area contributed by atoms with E-state index >= 15 is 0 Å². The van der Waals surface area contributed by atoms with Crippen molar-refractivity contribution in [1.29, 1.82) is 0 Å². The van der Waals surface area contributed by atoms with Gasteiger partial charge in [0, 0.05) is 58.1 Å². The number of carbonyl (C=O) groups excluding carboxylic acids is 2. The highest BCUT2D eigenvalue weighted by atomic mass is 16.2. The molecule has 0 unspecified atom stereocenters. The SMILES string of the molecule is CC(=O)N1CCc2cc(C(=O)N(C)Cc3ccc(N(C)C)cc3)ccc21. The van der Waals surface area contributed by atoms with E-state index in [2.05, 4.69) is 12.1 Å². The Balaban J connectivity index is 1.72. The Morgan fingerprint density at radius 2 is 1.73 bits per heavy atom. The second-order valence-corrected chi connectivity index (χ2v) is 6.99. The van der Waals surface area contributed by atoms with Crippen molar-refractivity contribution in [3.05, 3.63) is 59.2 Å². The topological polar surface area (TPSA) is 43.9 Å². The fourth-order valence-corrected chi connectivity index (χ4v) is 3.33. The second kappa shape index (κ2) is 7.20. The summed E-state index contributed by atoms with van der Waals surface area (Å²) in [7, 11) is 5.83. The third-order valence-corrected chi connectivity index (χ3v) is 4.82. The maximum atomic E-state index is 12.8. The molecule has 2 aromatic carbocycles. The molecule has 3 rings (SSSR count). The Morgan fingerprint density at radius 3 is 2.35 bits per heavy atom. The molecule has 5 heteroatoms. The molecule has 0 aromatic heterocycles. The summed E-state index contributed by atoms with van der Waals surface area (Å²) in [6, 6.07) is 13.8. The molecular weight excluding hydrogens is 326 g/mol. The van der Waals surface area contributed by atoms with Gasteiger partial charge < -0.3 is 14.7 Å². The highest BCUT2D eigenvalue weighted by Crippen LogP contribution is 2.29. The molecule has 2 amide bonds. The normalized spacial score (nSPS) is 12.7. The third-order valence-electron chi connectivity index (χ3n) is 4.82. The van der Waals surface area contributed by atoms with E-state index in [-0.39, 0.29) is 11.8 Å².